The van der Waals surface area contributed by atoms with Crippen molar-refractivity contribution >= 4 is 5.91 Å². The van der Waals surface area contributed by atoms with Crippen LogP contribution in [0, 0.1) is 5.92 Å². The van der Waals surface area contributed by atoms with E-state index in [9.17, 15) is 9.90 Å². The smallest absolute Gasteiger partial charge is 0.253 e. The Morgan fingerprint density at radius 3 is 2.22 bits per heavy atom. The first-order valence-corrected chi connectivity index (χ1v) is 9.20. The number of amides is 1. The molecule has 0 bridgehead atoms. The summed E-state index contributed by atoms with van der Waals surface area (Å²) in [5.74, 6) is 0.227. The summed E-state index contributed by atoms with van der Waals surface area (Å²) in [4.78, 5) is 14.7. The molecule has 2 aromatic carbocycles. The summed E-state index contributed by atoms with van der Waals surface area (Å²) in [6, 6.07) is 17.2. The molecule has 6 nitrogen and oxygen atoms in total. The van der Waals surface area contributed by atoms with Gasteiger partial charge in [0, 0.05) is 24.3 Å². The molecule has 1 unspecified atom stereocenters. The molecule has 1 amide bonds. The Kier molecular flexibility index (Phi) is 4.98. The van der Waals surface area contributed by atoms with Crippen LogP contribution < -0.4 is 0 Å². The number of aliphatic hydroxyl groups is 1. The second-order valence-electron chi connectivity index (χ2n) is 6.90. The van der Waals surface area contributed by atoms with Crippen molar-refractivity contribution in [3.63, 3.8) is 0 Å². The fourth-order valence-electron chi connectivity index (χ4n) is 3.63. The molecule has 1 atom stereocenters. The minimum atomic E-state index is -0.466. The molecule has 0 radical (unpaired) electrons. The van der Waals surface area contributed by atoms with Crippen LogP contribution in [0.5, 0.6) is 0 Å². The van der Waals surface area contributed by atoms with Gasteiger partial charge in [-0.1, -0.05) is 30.3 Å². The average Bonchev–Trinajstić information content (AvgIpc) is 3.28. The van der Waals surface area contributed by atoms with Gasteiger partial charge in [0.2, 0.25) is 0 Å². The van der Waals surface area contributed by atoms with Crippen molar-refractivity contribution in [2.45, 2.75) is 18.9 Å². The van der Waals surface area contributed by atoms with Gasteiger partial charge in [0.05, 0.1) is 6.10 Å². The Balaban J connectivity index is 1.37. The second kappa shape index (κ2) is 7.72. The van der Waals surface area contributed by atoms with E-state index in [0.717, 1.165) is 24.1 Å². The minimum Gasteiger partial charge on any atom is -0.388 e. The Bertz CT molecular complexity index is 870. The molecular formula is C21H22N4O2. The Hall–Kier alpha value is -2.99. The lowest BCUT2D eigenvalue weighted by Gasteiger charge is -2.34. The summed E-state index contributed by atoms with van der Waals surface area (Å²) in [5, 5.41) is 18.2. The number of aromatic nitrogens is 3. The fraction of sp³-hybridized carbons (Fsp3) is 0.286. The van der Waals surface area contributed by atoms with Crippen molar-refractivity contribution in [1.82, 2.24) is 19.7 Å². The highest BCUT2D eigenvalue weighted by Crippen LogP contribution is 2.31. The molecule has 27 heavy (non-hydrogen) atoms. The molecule has 1 N–H and O–H groups in total. The van der Waals surface area contributed by atoms with E-state index < -0.39 is 6.10 Å². The van der Waals surface area contributed by atoms with E-state index in [0.29, 0.717) is 18.7 Å². The summed E-state index contributed by atoms with van der Waals surface area (Å²) in [7, 11) is 0. The number of rotatable bonds is 4. The van der Waals surface area contributed by atoms with E-state index >= 15 is 0 Å². The zero-order chi connectivity index (χ0) is 18.6. The summed E-state index contributed by atoms with van der Waals surface area (Å²) in [5.41, 5.74) is 2.54. The van der Waals surface area contributed by atoms with Crippen LogP contribution >= 0.6 is 0 Å². The van der Waals surface area contributed by atoms with E-state index in [1.807, 2.05) is 59.5 Å². The summed E-state index contributed by atoms with van der Waals surface area (Å²) >= 11 is 0. The molecule has 1 fully saturated rings. The predicted molar refractivity (Wildman–Crippen MR) is 101 cm³/mol. The molecule has 0 saturated carbocycles. The lowest BCUT2D eigenvalue weighted by atomic mass is 9.87. The molecule has 3 aromatic rings. The molecule has 138 valence electrons. The van der Waals surface area contributed by atoms with Crippen LogP contribution in [-0.4, -0.2) is 43.8 Å². The van der Waals surface area contributed by atoms with Gasteiger partial charge < -0.3 is 10.0 Å². The molecule has 1 aliphatic heterocycles. The van der Waals surface area contributed by atoms with Gasteiger partial charge in [0.1, 0.15) is 12.7 Å². The first-order valence-electron chi connectivity index (χ1n) is 9.20. The molecule has 4 rings (SSSR count). The Morgan fingerprint density at radius 2 is 1.59 bits per heavy atom. The number of carbonyl (C=O) groups excluding carboxylic acids is 1. The van der Waals surface area contributed by atoms with E-state index in [1.165, 1.54) is 0 Å². The van der Waals surface area contributed by atoms with Crippen LogP contribution in [0.3, 0.4) is 0 Å². The van der Waals surface area contributed by atoms with Crippen molar-refractivity contribution in [2.24, 2.45) is 5.92 Å². The van der Waals surface area contributed by atoms with Crippen LogP contribution in [0.2, 0.25) is 0 Å². The zero-order valence-corrected chi connectivity index (χ0v) is 15.0. The molecule has 6 heteroatoms. The van der Waals surface area contributed by atoms with E-state index in [4.69, 9.17) is 0 Å². The van der Waals surface area contributed by atoms with E-state index in [2.05, 4.69) is 10.2 Å². The van der Waals surface area contributed by atoms with Gasteiger partial charge in [-0.05, 0) is 48.6 Å². The first kappa shape index (κ1) is 17.4. The monoisotopic (exact) mass is 362 g/mol. The lowest BCUT2D eigenvalue weighted by Crippen LogP contribution is -2.39. The SMILES string of the molecule is O=C(c1ccc(-n2cnnc2)cc1)N1CCC(C(O)c2ccccc2)CC1. The molecule has 1 aliphatic rings. The normalized spacial score (nSPS) is 16.3. The third kappa shape index (κ3) is 3.75. The highest BCUT2D eigenvalue weighted by molar-refractivity contribution is 5.94. The number of hydrogen-bond acceptors (Lipinski definition) is 4. The average molecular weight is 362 g/mol. The van der Waals surface area contributed by atoms with E-state index in [1.54, 1.807) is 17.2 Å². The van der Waals surface area contributed by atoms with Gasteiger partial charge in [-0.2, -0.15) is 0 Å². The van der Waals surface area contributed by atoms with Gasteiger partial charge >= 0.3 is 0 Å². The lowest BCUT2D eigenvalue weighted by molar-refractivity contribution is 0.0462. The highest BCUT2D eigenvalue weighted by Gasteiger charge is 2.28. The van der Waals surface area contributed by atoms with Crippen LogP contribution in [-0.2, 0) is 0 Å². The number of carbonyl (C=O) groups is 1. The maximum absolute atomic E-state index is 12.8. The summed E-state index contributed by atoms with van der Waals surface area (Å²) < 4.78 is 1.80. The van der Waals surface area contributed by atoms with Crippen molar-refractivity contribution in [2.75, 3.05) is 13.1 Å². The van der Waals surface area contributed by atoms with Crippen LogP contribution in [0.4, 0.5) is 0 Å². The van der Waals surface area contributed by atoms with Gasteiger partial charge in [0.25, 0.3) is 5.91 Å². The highest BCUT2D eigenvalue weighted by atomic mass is 16.3. The van der Waals surface area contributed by atoms with Crippen LogP contribution in [0.1, 0.15) is 34.9 Å². The second-order valence-corrected chi connectivity index (χ2v) is 6.90. The first-order chi connectivity index (χ1) is 13.2. The topological polar surface area (TPSA) is 71.2 Å². The molecule has 1 aromatic heterocycles. The van der Waals surface area contributed by atoms with E-state index in [-0.39, 0.29) is 11.8 Å². The summed E-state index contributed by atoms with van der Waals surface area (Å²) in [6.45, 7) is 1.33. The minimum absolute atomic E-state index is 0.0398. The standard InChI is InChI=1S/C21H22N4O2/c26-20(16-4-2-1-3-5-16)17-10-12-24(13-11-17)21(27)18-6-8-19(9-7-18)25-14-22-23-15-25/h1-9,14-15,17,20,26H,10-13H2. The number of nitrogens with zero attached hydrogens (tertiary/aromatic N) is 4. The van der Waals surface area contributed by atoms with Crippen molar-refractivity contribution in [1.29, 1.82) is 0 Å². The van der Waals surface area contributed by atoms with Crippen molar-refractivity contribution < 1.29 is 9.90 Å². The third-order valence-corrected chi connectivity index (χ3v) is 5.25. The largest absolute Gasteiger partial charge is 0.388 e. The Morgan fingerprint density at radius 1 is 0.963 bits per heavy atom. The van der Waals surface area contributed by atoms with Gasteiger partial charge in [-0.3, -0.25) is 9.36 Å². The van der Waals surface area contributed by atoms with Crippen molar-refractivity contribution in [3.05, 3.63) is 78.4 Å². The fourth-order valence-corrected chi connectivity index (χ4v) is 3.63. The predicted octanol–water partition coefficient (Wildman–Crippen LogP) is 2.85. The van der Waals surface area contributed by atoms with Gasteiger partial charge in [-0.25, -0.2) is 0 Å². The Labute approximate surface area is 158 Å². The number of piperidine rings is 1. The van der Waals surface area contributed by atoms with Gasteiger partial charge in [0.15, 0.2) is 0 Å². The van der Waals surface area contributed by atoms with Crippen LogP contribution in [0.15, 0.2) is 67.3 Å². The maximum Gasteiger partial charge on any atom is 0.253 e. The number of likely N-dealkylation sites (tertiary alicyclic amines) is 1. The number of hydrogen-bond donors (Lipinski definition) is 1. The van der Waals surface area contributed by atoms with Crippen molar-refractivity contribution in [3.8, 4) is 5.69 Å². The molecule has 2 heterocycles. The zero-order valence-electron chi connectivity index (χ0n) is 15.0. The number of benzene rings is 2. The number of aliphatic hydroxyl groups excluding tert-OH is 1. The maximum atomic E-state index is 12.8. The molecule has 1 saturated heterocycles. The van der Waals surface area contributed by atoms with Gasteiger partial charge in [-0.15, -0.1) is 10.2 Å². The third-order valence-electron chi connectivity index (χ3n) is 5.25. The van der Waals surface area contributed by atoms with Crippen LogP contribution in [0.25, 0.3) is 5.69 Å². The quantitative estimate of drug-likeness (QED) is 0.775. The molecule has 0 spiro atoms. The summed E-state index contributed by atoms with van der Waals surface area (Å²) in [6.07, 6.45) is 4.40. The molecular weight excluding hydrogens is 340 g/mol. The molecule has 0 aliphatic carbocycles.